The second-order valence-corrected chi connectivity index (χ2v) is 9.54. The monoisotopic (exact) mass is 496 g/mol. The Morgan fingerprint density at radius 2 is 1.81 bits per heavy atom. The number of amides is 1. The van der Waals surface area contributed by atoms with Gasteiger partial charge in [0.25, 0.3) is 5.56 Å². The van der Waals surface area contributed by atoms with Crippen LogP contribution in [0, 0.1) is 0 Å². The molecule has 190 valence electrons. The molecule has 0 fully saturated rings. The van der Waals surface area contributed by atoms with Crippen molar-refractivity contribution in [3.63, 3.8) is 0 Å². The standard InChI is InChI=1S/C29H32N6O2/c1-34-19-25(17-33-34)26-18-32-28(30-14-13-21-7-3-2-4-8-21)29(37)35(26)20-27(36)31-16-22-11-12-23-9-5-6-10-24(23)15-22/h2-4,7-8,11-12,15,17-19H,5-6,9-10,13-14,16,20H2,1H3,(H,30,32)(H,31,36). The van der Waals surface area contributed by atoms with Gasteiger partial charge < -0.3 is 10.6 Å². The van der Waals surface area contributed by atoms with Crippen LogP contribution in [0.25, 0.3) is 11.3 Å². The van der Waals surface area contributed by atoms with Crippen molar-refractivity contribution in [2.75, 3.05) is 11.9 Å². The van der Waals surface area contributed by atoms with Crippen molar-refractivity contribution < 1.29 is 4.79 Å². The van der Waals surface area contributed by atoms with Gasteiger partial charge in [-0.3, -0.25) is 18.8 Å². The van der Waals surface area contributed by atoms with Crippen molar-refractivity contribution >= 4 is 11.7 Å². The summed E-state index contributed by atoms with van der Waals surface area (Å²) in [7, 11) is 1.81. The molecule has 1 amide bonds. The third kappa shape index (κ3) is 5.97. The molecule has 5 rings (SSSR count). The van der Waals surface area contributed by atoms with E-state index in [4.69, 9.17) is 0 Å². The molecule has 1 aliphatic carbocycles. The summed E-state index contributed by atoms with van der Waals surface area (Å²) in [5.41, 5.74) is 5.99. The van der Waals surface area contributed by atoms with Crippen LogP contribution < -0.4 is 16.2 Å². The average Bonchev–Trinajstić information content (AvgIpc) is 3.36. The van der Waals surface area contributed by atoms with Crippen LogP contribution in [0.2, 0.25) is 0 Å². The predicted octanol–water partition coefficient (Wildman–Crippen LogP) is 3.49. The highest BCUT2D eigenvalue weighted by Gasteiger charge is 2.16. The van der Waals surface area contributed by atoms with Gasteiger partial charge in [0.15, 0.2) is 5.82 Å². The summed E-state index contributed by atoms with van der Waals surface area (Å²) in [6.45, 7) is 0.878. The van der Waals surface area contributed by atoms with E-state index in [0.29, 0.717) is 18.8 Å². The Balaban J connectivity index is 1.31. The quantitative estimate of drug-likeness (QED) is 0.370. The molecule has 0 saturated carbocycles. The number of benzene rings is 2. The van der Waals surface area contributed by atoms with Crippen molar-refractivity contribution in [2.45, 2.75) is 45.2 Å². The van der Waals surface area contributed by atoms with Crippen molar-refractivity contribution in [1.29, 1.82) is 0 Å². The number of rotatable bonds is 9. The minimum Gasteiger partial charge on any atom is -0.365 e. The number of nitrogens with one attached hydrogen (secondary N) is 2. The first-order valence-electron chi connectivity index (χ1n) is 12.8. The normalized spacial score (nSPS) is 12.7. The second-order valence-electron chi connectivity index (χ2n) is 9.54. The predicted molar refractivity (Wildman–Crippen MR) is 144 cm³/mol. The molecule has 0 bridgehead atoms. The van der Waals surface area contributed by atoms with Crippen LogP contribution in [0.4, 0.5) is 5.82 Å². The van der Waals surface area contributed by atoms with Crippen LogP contribution in [0.15, 0.2) is 71.9 Å². The zero-order chi connectivity index (χ0) is 25.6. The maximum atomic E-state index is 13.4. The zero-order valence-corrected chi connectivity index (χ0v) is 21.1. The fraction of sp³-hybridized carbons (Fsp3) is 0.310. The van der Waals surface area contributed by atoms with E-state index in [1.54, 1.807) is 23.3 Å². The number of hydrogen-bond donors (Lipinski definition) is 2. The highest BCUT2D eigenvalue weighted by Crippen LogP contribution is 2.22. The van der Waals surface area contributed by atoms with Gasteiger partial charge in [-0.15, -0.1) is 0 Å². The first-order chi connectivity index (χ1) is 18.1. The molecular weight excluding hydrogens is 464 g/mol. The first kappa shape index (κ1) is 24.5. The smallest absolute Gasteiger partial charge is 0.294 e. The molecule has 1 aliphatic rings. The van der Waals surface area contributed by atoms with Crippen LogP contribution >= 0.6 is 0 Å². The van der Waals surface area contributed by atoms with Gasteiger partial charge in [0, 0.05) is 31.9 Å². The molecule has 0 unspecified atom stereocenters. The number of nitrogens with zero attached hydrogens (tertiary/aromatic N) is 4. The Bertz CT molecular complexity index is 1440. The van der Waals surface area contributed by atoms with Gasteiger partial charge in [0.05, 0.1) is 18.1 Å². The summed E-state index contributed by atoms with van der Waals surface area (Å²) in [5, 5.41) is 10.4. The largest absolute Gasteiger partial charge is 0.365 e. The molecule has 2 aromatic carbocycles. The summed E-state index contributed by atoms with van der Waals surface area (Å²) in [4.78, 5) is 30.8. The van der Waals surface area contributed by atoms with Gasteiger partial charge in [0.2, 0.25) is 5.91 Å². The fourth-order valence-corrected chi connectivity index (χ4v) is 4.82. The van der Waals surface area contributed by atoms with Crippen molar-refractivity contribution in [3.8, 4) is 11.3 Å². The lowest BCUT2D eigenvalue weighted by Gasteiger charge is -2.17. The Kier molecular flexibility index (Phi) is 7.44. The number of aryl methyl sites for hydroxylation is 3. The fourth-order valence-electron chi connectivity index (χ4n) is 4.82. The molecule has 0 spiro atoms. The van der Waals surface area contributed by atoms with Gasteiger partial charge in [-0.05, 0) is 54.4 Å². The van der Waals surface area contributed by atoms with E-state index in [1.165, 1.54) is 34.1 Å². The molecule has 2 aromatic heterocycles. The molecular formula is C29H32N6O2. The van der Waals surface area contributed by atoms with E-state index in [9.17, 15) is 9.59 Å². The summed E-state index contributed by atoms with van der Waals surface area (Å²) < 4.78 is 3.13. The molecule has 8 nitrogen and oxygen atoms in total. The van der Waals surface area contributed by atoms with Crippen LogP contribution in [0.3, 0.4) is 0 Å². The maximum Gasteiger partial charge on any atom is 0.294 e. The molecule has 0 aliphatic heterocycles. The second kappa shape index (κ2) is 11.2. The third-order valence-electron chi connectivity index (χ3n) is 6.81. The summed E-state index contributed by atoms with van der Waals surface area (Å²) in [5.74, 6) is -0.00236. The molecule has 0 atom stereocenters. The number of carbonyl (C=O) groups excluding carboxylic acids is 1. The Hall–Kier alpha value is -4.20. The minimum absolute atomic E-state index is 0.107. The van der Waals surface area contributed by atoms with Crippen LogP contribution in [-0.2, 0) is 44.2 Å². The molecule has 2 heterocycles. The summed E-state index contributed by atoms with van der Waals surface area (Å²) >= 11 is 0. The maximum absolute atomic E-state index is 13.4. The molecule has 0 saturated heterocycles. The zero-order valence-electron chi connectivity index (χ0n) is 21.1. The van der Waals surface area contributed by atoms with Crippen LogP contribution in [0.5, 0.6) is 0 Å². The average molecular weight is 497 g/mol. The number of carbonyl (C=O) groups is 1. The third-order valence-corrected chi connectivity index (χ3v) is 6.81. The SMILES string of the molecule is Cn1cc(-c2cnc(NCCc3ccccc3)c(=O)n2CC(=O)NCc2ccc3c(c2)CCCC3)cn1. The van der Waals surface area contributed by atoms with Gasteiger partial charge >= 0.3 is 0 Å². The Labute approximate surface area is 216 Å². The van der Waals surface area contributed by atoms with E-state index in [-0.39, 0.29) is 23.8 Å². The molecule has 2 N–H and O–H groups in total. The molecule has 8 heteroatoms. The lowest BCUT2D eigenvalue weighted by Crippen LogP contribution is -2.34. The van der Waals surface area contributed by atoms with Crippen LogP contribution in [0.1, 0.15) is 35.1 Å². The summed E-state index contributed by atoms with van der Waals surface area (Å²) in [6.07, 6.45) is 10.5. The first-order valence-corrected chi connectivity index (χ1v) is 12.8. The number of anilines is 1. The number of hydrogen-bond acceptors (Lipinski definition) is 5. The summed E-state index contributed by atoms with van der Waals surface area (Å²) in [6, 6.07) is 16.5. The van der Waals surface area contributed by atoms with Crippen molar-refractivity contribution in [1.82, 2.24) is 24.6 Å². The van der Waals surface area contributed by atoms with E-state index < -0.39 is 0 Å². The number of fused-ring (bicyclic) bond motifs is 1. The topological polar surface area (TPSA) is 93.8 Å². The Morgan fingerprint density at radius 1 is 1.00 bits per heavy atom. The molecule has 4 aromatic rings. The van der Waals surface area contributed by atoms with Crippen molar-refractivity contribution in [2.24, 2.45) is 7.05 Å². The van der Waals surface area contributed by atoms with Gasteiger partial charge in [-0.1, -0.05) is 48.5 Å². The lowest BCUT2D eigenvalue weighted by atomic mass is 9.90. The van der Waals surface area contributed by atoms with Gasteiger partial charge in [-0.2, -0.15) is 5.10 Å². The van der Waals surface area contributed by atoms with Gasteiger partial charge in [0.1, 0.15) is 6.54 Å². The lowest BCUT2D eigenvalue weighted by molar-refractivity contribution is -0.121. The van der Waals surface area contributed by atoms with Crippen molar-refractivity contribution in [3.05, 3.63) is 99.7 Å². The van der Waals surface area contributed by atoms with Crippen LogP contribution in [-0.4, -0.2) is 31.8 Å². The minimum atomic E-state index is -0.335. The highest BCUT2D eigenvalue weighted by molar-refractivity contribution is 5.76. The molecule has 0 radical (unpaired) electrons. The van der Waals surface area contributed by atoms with Gasteiger partial charge in [-0.25, -0.2) is 4.98 Å². The number of aromatic nitrogens is 4. The van der Waals surface area contributed by atoms with E-state index in [2.05, 4.69) is 38.9 Å². The van der Waals surface area contributed by atoms with E-state index in [1.807, 2.05) is 37.4 Å². The van der Waals surface area contributed by atoms with E-state index in [0.717, 1.165) is 30.4 Å². The highest BCUT2D eigenvalue weighted by atomic mass is 16.2. The Morgan fingerprint density at radius 3 is 2.59 bits per heavy atom. The molecule has 37 heavy (non-hydrogen) atoms. The van der Waals surface area contributed by atoms with E-state index >= 15 is 0 Å².